The molecule has 2 saturated heterocycles. The number of nitrogens with zero attached hydrogens (tertiary/aromatic N) is 5. The van der Waals surface area contributed by atoms with Crippen LogP contribution in [0.15, 0.2) is 73.2 Å². The van der Waals surface area contributed by atoms with Crippen molar-refractivity contribution < 1.29 is 38.1 Å². The van der Waals surface area contributed by atoms with Crippen LogP contribution in [0.25, 0.3) is 32.9 Å². The van der Waals surface area contributed by atoms with Gasteiger partial charge in [-0.2, -0.15) is 0 Å². The van der Waals surface area contributed by atoms with E-state index in [9.17, 15) is 19.2 Å². The van der Waals surface area contributed by atoms with Crippen molar-refractivity contribution in [2.45, 2.75) is 62.9 Å². The first kappa shape index (κ1) is 36.6. The molecule has 1 atom stereocenters. The SMILES string of the molecule is Cn1c2ccncc2c2ccc(-c3ccc(O[C@H]4C[C@H](OCCOCCOC5CC6(C5)CN(c5ccc7c(c5)C(=O)N(C5CCC(=O)NC5=O)C7=O)C6)C4)nc3)cc21. The fourth-order valence-corrected chi connectivity index (χ4v) is 9.31. The van der Waals surface area contributed by atoms with Gasteiger partial charge in [0, 0.05) is 97.0 Å². The van der Waals surface area contributed by atoms with Crippen LogP contribution in [0.2, 0.25) is 0 Å². The van der Waals surface area contributed by atoms with Crippen molar-refractivity contribution in [3.8, 4) is 17.0 Å². The van der Waals surface area contributed by atoms with Gasteiger partial charge in [0.25, 0.3) is 11.8 Å². The number of benzene rings is 2. The van der Waals surface area contributed by atoms with Gasteiger partial charge in [-0.1, -0.05) is 12.1 Å². The molecule has 6 heterocycles. The highest BCUT2D eigenvalue weighted by Gasteiger charge is 2.53. The Hall–Kier alpha value is -5.70. The fraction of sp³-hybridized carbons (Fsp3) is 0.409. The molecule has 5 aromatic rings. The molecule has 4 amide bonds. The van der Waals surface area contributed by atoms with Crippen molar-refractivity contribution in [3.05, 3.63) is 84.3 Å². The van der Waals surface area contributed by atoms with Crippen LogP contribution in [0, 0.1) is 5.41 Å². The summed E-state index contributed by atoms with van der Waals surface area (Å²) in [5, 5.41) is 4.57. The Morgan fingerprint density at radius 1 is 0.776 bits per heavy atom. The number of aromatic nitrogens is 3. The second kappa shape index (κ2) is 14.6. The van der Waals surface area contributed by atoms with E-state index in [1.165, 1.54) is 5.39 Å². The van der Waals surface area contributed by atoms with Gasteiger partial charge in [-0.15, -0.1) is 0 Å². The van der Waals surface area contributed by atoms with Gasteiger partial charge in [0.05, 0.1) is 55.3 Å². The maximum atomic E-state index is 13.2. The van der Waals surface area contributed by atoms with Crippen LogP contribution in [-0.4, -0.2) is 107 Å². The zero-order valence-electron chi connectivity index (χ0n) is 32.2. The normalized spacial score (nSPS) is 22.6. The van der Waals surface area contributed by atoms with Gasteiger partial charge in [0.1, 0.15) is 12.1 Å². The number of carbonyl (C=O) groups excluding carboxylic acids is 4. The Morgan fingerprint density at radius 3 is 2.33 bits per heavy atom. The molecule has 4 fully saturated rings. The van der Waals surface area contributed by atoms with E-state index in [0.717, 1.165) is 76.9 Å². The maximum absolute atomic E-state index is 13.2. The summed E-state index contributed by atoms with van der Waals surface area (Å²) in [5.74, 6) is -1.35. The Labute approximate surface area is 334 Å². The van der Waals surface area contributed by atoms with Crippen LogP contribution in [0.4, 0.5) is 5.69 Å². The van der Waals surface area contributed by atoms with Crippen molar-refractivity contribution in [3.63, 3.8) is 0 Å². The number of imide groups is 2. The van der Waals surface area contributed by atoms with Crippen LogP contribution < -0.4 is 15.0 Å². The number of ether oxygens (including phenoxy) is 4. The van der Waals surface area contributed by atoms with Crippen molar-refractivity contribution in [1.82, 2.24) is 24.8 Å². The molecule has 3 aliphatic heterocycles. The molecular weight excluding hydrogens is 741 g/mol. The highest BCUT2D eigenvalue weighted by molar-refractivity contribution is 6.23. The van der Waals surface area contributed by atoms with Crippen LogP contribution >= 0.6 is 0 Å². The summed E-state index contributed by atoms with van der Waals surface area (Å²) in [7, 11) is 2.08. The average molecular weight is 785 g/mol. The highest BCUT2D eigenvalue weighted by atomic mass is 16.6. The first-order valence-electron chi connectivity index (χ1n) is 20.1. The minimum absolute atomic E-state index is 0.0908. The lowest BCUT2D eigenvalue weighted by atomic mass is 9.61. The number of anilines is 1. The minimum atomic E-state index is -0.966. The summed E-state index contributed by atoms with van der Waals surface area (Å²) in [6, 6.07) is 16.8. The van der Waals surface area contributed by atoms with E-state index in [4.69, 9.17) is 18.9 Å². The van der Waals surface area contributed by atoms with E-state index in [1.807, 2.05) is 36.8 Å². The third-order valence-electron chi connectivity index (χ3n) is 12.5. The van der Waals surface area contributed by atoms with Crippen molar-refractivity contribution in [2.24, 2.45) is 12.5 Å². The second-order valence-electron chi connectivity index (χ2n) is 16.3. The molecule has 2 saturated carbocycles. The Balaban J connectivity index is 0.592. The van der Waals surface area contributed by atoms with Crippen LogP contribution in [-0.2, 0) is 30.8 Å². The Bertz CT molecular complexity index is 2450. The lowest BCUT2D eigenvalue weighted by Crippen LogP contribution is -2.64. The van der Waals surface area contributed by atoms with Gasteiger partial charge in [0.15, 0.2) is 0 Å². The highest BCUT2D eigenvalue weighted by Crippen LogP contribution is 2.51. The maximum Gasteiger partial charge on any atom is 0.262 e. The zero-order valence-corrected chi connectivity index (χ0v) is 32.2. The fourth-order valence-electron chi connectivity index (χ4n) is 9.31. The largest absolute Gasteiger partial charge is 0.474 e. The molecule has 14 nitrogen and oxygen atoms in total. The topological polar surface area (TPSA) is 154 Å². The van der Waals surface area contributed by atoms with E-state index in [-0.39, 0.29) is 36.6 Å². The molecule has 2 aliphatic carbocycles. The first-order chi connectivity index (χ1) is 28.2. The molecule has 298 valence electrons. The number of fused-ring (bicyclic) bond motifs is 4. The van der Waals surface area contributed by atoms with E-state index >= 15 is 0 Å². The minimum Gasteiger partial charge on any atom is -0.474 e. The summed E-state index contributed by atoms with van der Waals surface area (Å²) < 4.78 is 26.1. The average Bonchev–Trinajstić information content (AvgIpc) is 3.61. The van der Waals surface area contributed by atoms with Crippen LogP contribution in [0.1, 0.15) is 59.2 Å². The van der Waals surface area contributed by atoms with Crippen molar-refractivity contribution in [1.29, 1.82) is 0 Å². The summed E-state index contributed by atoms with van der Waals surface area (Å²) in [6.07, 6.45) is 9.91. The number of hydrogen-bond donors (Lipinski definition) is 1. The standard InChI is InChI=1S/C44H44N6O8/c1-48-36-10-11-45-23-35(36)32-5-2-26(16-38(32)48)27-3-9-40(46-22-27)58-30-18-29(19-30)56-14-12-55-13-15-57-31-20-44(21-31)24-49(25-44)28-4-6-33-34(17-28)43(54)50(42(33)53)37-7-8-39(51)47-41(37)52/h2-6,9-11,16-17,22-23,29-31,37H,7-8,12-15,18-21,24-25H2,1H3,(H,47,51,52)/t29-,30-,37?. The van der Waals surface area contributed by atoms with Crippen molar-refractivity contribution in [2.75, 3.05) is 44.4 Å². The lowest BCUT2D eigenvalue weighted by Gasteiger charge is -2.59. The van der Waals surface area contributed by atoms with Gasteiger partial charge in [0.2, 0.25) is 17.7 Å². The molecule has 3 aromatic heterocycles. The van der Waals surface area contributed by atoms with E-state index in [1.54, 1.807) is 12.1 Å². The molecule has 5 aliphatic rings. The number of aryl methyl sites for hydroxylation is 1. The number of pyridine rings is 2. The quantitative estimate of drug-likeness (QED) is 0.129. The Kier molecular flexibility index (Phi) is 9.22. The number of rotatable bonds is 13. The zero-order chi connectivity index (χ0) is 39.5. The van der Waals surface area contributed by atoms with E-state index in [0.29, 0.717) is 43.4 Å². The number of amides is 4. The molecule has 1 spiro atoms. The molecule has 1 N–H and O–H groups in total. The number of hydrogen-bond acceptors (Lipinski definition) is 11. The summed E-state index contributed by atoms with van der Waals surface area (Å²) >= 11 is 0. The van der Waals surface area contributed by atoms with Crippen LogP contribution in [0.3, 0.4) is 0 Å². The van der Waals surface area contributed by atoms with E-state index in [2.05, 4.69) is 56.1 Å². The summed E-state index contributed by atoms with van der Waals surface area (Å²) in [5.41, 5.74) is 6.15. The van der Waals surface area contributed by atoms with Gasteiger partial charge in [-0.25, -0.2) is 4.98 Å². The van der Waals surface area contributed by atoms with E-state index < -0.39 is 29.7 Å². The first-order valence-corrected chi connectivity index (χ1v) is 20.1. The smallest absolute Gasteiger partial charge is 0.262 e. The molecule has 58 heavy (non-hydrogen) atoms. The predicted octanol–water partition coefficient (Wildman–Crippen LogP) is 4.82. The number of piperidine rings is 1. The van der Waals surface area contributed by atoms with Crippen molar-refractivity contribution >= 4 is 51.1 Å². The summed E-state index contributed by atoms with van der Waals surface area (Å²) in [6.45, 7) is 3.81. The van der Waals surface area contributed by atoms with Gasteiger partial charge in [-0.3, -0.25) is 34.4 Å². The third kappa shape index (κ3) is 6.58. The molecule has 1 unspecified atom stereocenters. The monoisotopic (exact) mass is 784 g/mol. The molecule has 10 rings (SSSR count). The molecule has 14 heteroatoms. The third-order valence-corrected chi connectivity index (χ3v) is 12.5. The summed E-state index contributed by atoms with van der Waals surface area (Å²) in [4.78, 5) is 62.3. The van der Waals surface area contributed by atoms with Gasteiger partial charge in [-0.05, 0) is 61.2 Å². The molecule has 0 radical (unpaired) electrons. The lowest BCUT2D eigenvalue weighted by molar-refractivity contribution is -0.136. The van der Waals surface area contributed by atoms with Gasteiger partial charge >= 0.3 is 0 Å². The second-order valence-corrected chi connectivity index (χ2v) is 16.3. The predicted molar refractivity (Wildman–Crippen MR) is 212 cm³/mol. The Morgan fingerprint density at radius 2 is 1.55 bits per heavy atom. The van der Waals surface area contributed by atoms with Crippen LogP contribution in [0.5, 0.6) is 5.88 Å². The molecule has 2 aromatic carbocycles. The van der Waals surface area contributed by atoms with Gasteiger partial charge < -0.3 is 28.4 Å². The number of carbonyl (C=O) groups is 4. The number of nitrogens with one attached hydrogen (secondary N) is 1. The molecular formula is C44H44N6O8. The molecule has 0 bridgehead atoms.